The summed E-state index contributed by atoms with van der Waals surface area (Å²) in [5, 5.41) is 9.32. The number of rotatable bonds is 1. The van der Waals surface area contributed by atoms with Gasteiger partial charge in [0, 0.05) is 16.8 Å². The van der Waals surface area contributed by atoms with E-state index in [0.717, 1.165) is 24.1 Å². The average molecular weight is 226 g/mol. The fraction of sp³-hybridized carbons (Fsp3) is 0.286. The fourth-order valence-electron chi connectivity index (χ4n) is 2.50. The van der Waals surface area contributed by atoms with Crippen molar-refractivity contribution in [1.82, 2.24) is 9.97 Å². The molecule has 1 heterocycles. The number of phenolic OH excluding ortho intramolecular Hbond substituents is 1. The number of hydrogen-bond acceptors (Lipinski definition) is 3. The monoisotopic (exact) mass is 226 g/mol. The SMILES string of the molecule is C[C@@H]1CCc2ncnc(-c3ccc(O)cc3)c21. The Labute approximate surface area is 100 Å². The van der Waals surface area contributed by atoms with Gasteiger partial charge >= 0.3 is 0 Å². The van der Waals surface area contributed by atoms with Gasteiger partial charge in [-0.2, -0.15) is 0 Å². The van der Waals surface area contributed by atoms with Gasteiger partial charge in [-0.15, -0.1) is 0 Å². The minimum Gasteiger partial charge on any atom is -0.508 e. The third-order valence-corrected chi connectivity index (χ3v) is 3.41. The Hall–Kier alpha value is -1.90. The number of hydrogen-bond donors (Lipinski definition) is 1. The van der Waals surface area contributed by atoms with E-state index in [2.05, 4.69) is 16.9 Å². The molecule has 0 aliphatic heterocycles. The number of nitrogens with zero attached hydrogens (tertiary/aromatic N) is 2. The second kappa shape index (κ2) is 3.84. The summed E-state index contributed by atoms with van der Waals surface area (Å²) >= 11 is 0. The first-order valence-corrected chi connectivity index (χ1v) is 5.89. The summed E-state index contributed by atoms with van der Waals surface area (Å²) in [6.07, 6.45) is 3.84. The minimum absolute atomic E-state index is 0.285. The van der Waals surface area contributed by atoms with E-state index in [1.165, 1.54) is 11.3 Å². The van der Waals surface area contributed by atoms with Gasteiger partial charge in [-0.25, -0.2) is 9.97 Å². The molecule has 3 rings (SSSR count). The van der Waals surface area contributed by atoms with Crippen molar-refractivity contribution < 1.29 is 5.11 Å². The molecule has 86 valence electrons. The summed E-state index contributed by atoms with van der Waals surface area (Å²) < 4.78 is 0. The number of fused-ring (bicyclic) bond motifs is 1. The van der Waals surface area contributed by atoms with Crippen molar-refractivity contribution >= 4 is 0 Å². The van der Waals surface area contributed by atoms with Crippen LogP contribution in [0.25, 0.3) is 11.3 Å². The molecule has 1 atom stereocenters. The lowest BCUT2D eigenvalue weighted by Crippen LogP contribution is -1.97. The van der Waals surface area contributed by atoms with Gasteiger partial charge in [0.15, 0.2) is 0 Å². The van der Waals surface area contributed by atoms with Gasteiger partial charge in [0.2, 0.25) is 0 Å². The van der Waals surface area contributed by atoms with E-state index in [0.29, 0.717) is 5.92 Å². The molecule has 0 amide bonds. The van der Waals surface area contributed by atoms with Gasteiger partial charge in [0.05, 0.1) is 5.69 Å². The van der Waals surface area contributed by atoms with Crippen LogP contribution < -0.4 is 0 Å². The molecule has 17 heavy (non-hydrogen) atoms. The molecule has 1 N–H and O–H groups in total. The molecule has 1 aromatic heterocycles. The number of benzene rings is 1. The van der Waals surface area contributed by atoms with Crippen molar-refractivity contribution in [3.8, 4) is 17.0 Å². The quantitative estimate of drug-likeness (QED) is 0.813. The highest BCUT2D eigenvalue weighted by Crippen LogP contribution is 2.37. The number of aryl methyl sites for hydroxylation is 1. The molecule has 3 heteroatoms. The lowest BCUT2D eigenvalue weighted by atomic mass is 9.99. The molecule has 2 aromatic rings. The molecule has 0 saturated heterocycles. The van der Waals surface area contributed by atoms with Crippen molar-refractivity contribution in [2.75, 3.05) is 0 Å². The summed E-state index contributed by atoms with van der Waals surface area (Å²) in [4.78, 5) is 8.76. The molecule has 1 aliphatic carbocycles. The van der Waals surface area contributed by atoms with Crippen LogP contribution in [0.1, 0.15) is 30.5 Å². The van der Waals surface area contributed by atoms with E-state index in [-0.39, 0.29) is 5.75 Å². The molecule has 3 nitrogen and oxygen atoms in total. The van der Waals surface area contributed by atoms with E-state index < -0.39 is 0 Å². The molecule has 1 aromatic carbocycles. The number of aromatic hydroxyl groups is 1. The first kappa shape index (κ1) is 10.3. The van der Waals surface area contributed by atoms with Crippen molar-refractivity contribution in [1.29, 1.82) is 0 Å². The van der Waals surface area contributed by atoms with Crippen molar-refractivity contribution in [3.05, 3.63) is 41.9 Å². The van der Waals surface area contributed by atoms with Gasteiger partial charge in [0.1, 0.15) is 12.1 Å². The molecule has 0 fully saturated rings. The summed E-state index contributed by atoms with van der Waals surface area (Å²) in [5.74, 6) is 0.808. The Kier molecular flexibility index (Phi) is 2.32. The number of aromatic nitrogens is 2. The van der Waals surface area contributed by atoms with Gasteiger partial charge in [0.25, 0.3) is 0 Å². The van der Waals surface area contributed by atoms with Gasteiger partial charge in [-0.3, -0.25) is 0 Å². The fourth-order valence-corrected chi connectivity index (χ4v) is 2.50. The maximum absolute atomic E-state index is 9.32. The molecular formula is C14H14N2O. The number of phenols is 1. The largest absolute Gasteiger partial charge is 0.508 e. The first-order valence-electron chi connectivity index (χ1n) is 5.89. The van der Waals surface area contributed by atoms with Crippen LogP contribution in [0.2, 0.25) is 0 Å². The van der Waals surface area contributed by atoms with Crippen molar-refractivity contribution in [2.45, 2.75) is 25.7 Å². The Morgan fingerprint density at radius 1 is 1.18 bits per heavy atom. The first-order chi connectivity index (χ1) is 8.25. The van der Waals surface area contributed by atoms with Gasteiger partial charge in [-0.1, -0.05) is 6.92 Å². The smallest absolute Gasteiger partial charge is 0.116 e. The van der Waals surface area contributed by atoms with Gasteiger partial charge in [-0.05, 0) is 43.0 Å². The maximum Gasteiger partial charge on any atom is 0.116 e. The third kappa shape index (κ3) is 1.68. The molecule has 0 bridgehead atoms. The Bertz CT molecular complexity index is 549. The molecule has 0 saturated carbocycles. The van der Waals surface area contributed by atoms with Crippen LogP contribution in [-0.4, -0.2) is 15.1 Å². The molecule has 0 unspecified atom stereocenters. The average Bonchev–Trinajstić information content (AvgIpc) is 2.73. The van der Waals surface area contributed by atoms with Crippen LogP contribution in [0.3, 0.4) is 0 Å². The highest BCUT2D eigenvalue weighted by molar-refractivity contribution is 5.65. The Balaban J connectivity index is 2.16. The minimum atomic E-state index is 0.285. The molecule has 1 aliphatic rings. The molecular weight excluding hydrogens is 212 g/mol. The topological polar surface area (TPSA) is 46.0 Å². The van der Waals surface area contributed by atoms with Crippen LogP contribution in [0.5, 0.6) is 5.75 Å². The van der Waals surface area contributed by atoms with Crippen LogP contribution in [0.15, 0.2) is 30.6 Å². The highest BCUT2D eigenvalue weighted by Gasteiger charge is 2.24. The zero-order valence-electron chi connectivity index (χ0n) is 9.72. The zero-order valence-corrected chi connectivity index (χ0v) is 9.72. The van der Waals surface area contributed by atoms with Crippen LogP contribution in [0, 0.1) is 0 Å². The normalized spacial score (nSPS) is 18.1. The summed E-state index contributed by atoms with van der Waals surface area (Å²) in [7, 11) is 0. The summed E-state index contributed by atoms with van der Waals surface area (Å²) in [6.45, 7) is 2.22. The Morgan fingerprint density at radius 2 is 1.94 bits per heavy atom. The highest BCUT2D eigenvalue weighted by atomic mass is 16.3. The third-order valence-electron chi connectivity index (χ3n) is 3.41. The predicted molar refractivity (Wildman–Crippen MR) is 65.9 cm³/mol. The second-order valence-corrected chi connectivity index (χ2v) is 4.57. The van der Waals surface area contributed by atoms with Crippen molar-refractivity contribution in [2.24, 2.45) is 0 Å². The van der Waals surface area contributed by atoms with E-state index in [1.807, 2.05) is 12.1 Å². The van der Waals surface area contributed by atoms with Crippen LogP contribution in [-0.2, 0) is 6.42 Å². The van der Waals surface area contributed by atoms with E-state index in [4.69, 9.17) is 0 Å². The van der Waals surface area contributed by atoms with E-state index >= 15 is 0 Å². The predicted octanol–water partition coefficient (Wildman–Crippen LogP) is 2.90. The standard InChI is InChI=1S/C14H14N2O/c1-9-2-7-12-13(9)14(16-8-15-12)10-3-5-11(17)6-4-10/h3-6,8-9,17H,2,7H2,1H3/t9-/m1/s1. The zero-order chi connectivity index (χ0) is 11.8. The van der Waals surface area contributed by atoms with Crippen molar-refractivity contribution in [3.63, 3.8) is 0 Å². The summed E-state index contributed by atoms with van der Waals surface area (Å²) in [6, 6.07) is 7.21. The van der Waals surface area contributed by atoms with E-state index in [9.17, 15) is 5.11 Å². The van der Waals surface area contributed by atoms with Gasteiger partial charge < -0.3 is 5.11 Å². The molecule has 0 spiro atoms. The van der Waals surface area contributed by atoms with E-state index in [1.54, 1.807) is 18.5 Å². The molecule has 0 radical (unpaired) electrons. The lowest BCUT2D eigenvalue weighted by molar-refractivity contribution is 0.475. The lowest BCUT2D eigenvalue weighted by Gasteiger charge is -2.10. The second-order valence-electron chi connectivity index (χ2n) is 4.57. The summed E-state index contributed by atoms with van der Waals surface area (Å²) in [5.41, 5.74) is 4.52. The van der Waals surface area contributed by atoms with Crippen LogP contribution in [0.4, 0.5) is 0 Å². The van der Waals surface area contributed by atoms with Crippen LogP contribution >= 0.6 is 0 Å². The Morgan fingerprint density at radius 3 is 2.71 bits per heavy atom. The maximum atomic E-state index is 9.32.